The quantitative estimate of drug-likeness (QED) is 0.883. The maximum absolute atomic E-state index is 13.1. The molecular formula is C14H13ClFN3O2. The zero-order chi connectivity index (χ0) is 15.4. The number of aromatic nitrogens is 2. The van der Waals surface area contributed by atoms with Gasteiger partial charge >= 0.3 is 0 Å². The summed E-state index contributed by atoms with van der Waals surface area (Å²) in [6, 6.07) is 3.84. The summed E-state index contributed by atoms with van der Waals surface area (Å²) in [7, 11) is 0. The molecule has 0 atom stereocenters. The van der Waals surface area contributed by atoms with Gasteiger partial charge in [0.1, 0.15) is 11.0 Å². The molecule has 7 heteroatoms. The Morgan fingerprint density at radius 1 is 1.48 bits per heavy atom. The number of anilines is 1. The molecule has 0 aromatic carbocycles. The smallest absolute Gasteiger partial charge is 0.258 e. The Kier molecular flexibility index (Phi) is 4.70. The third-order valence-electron chi connectivity index (χ3n) is 2.76. The Balaban J connectivity index is 2.25. The second-order valence-electron chi connectivity index (χ2n) is 4.40. The van der Waals surface area contributed by atoms with E-state index < -0.39 is 11.7 Å². The number of halogens is 2. The molecule has 2 heterocycles. The summed E-state index contributed by atoms with van der Waals surface area (Å²) >= 11 is 5.77. The maximum atomic E-state index is 13.1. The predicted octanol–water partition coefficient (Wildman–Crippen LogP) is 2.70. The summed E-state index contributed by atoms with van der Waals surface area (Å²) < 4.78 is 14.6. The van der Waals surface area contributed by atoms with Crippen molar-refractivity contribution in [3.63, 3.8) is 0 Å². The number of rotatable bonds is 4. The Morgan fingerprint density at radius 2 is 2.24 bits per heavy atom. The number of nitrogens with one attached hydrogen (secondary N) is 1. The molecule has 2 aromatic heterocycles. The largest absolute Gasteiger partial charge is 0.321 e. The summed E-state index contributed by atoms with van der Waals surface area (Å²) in [5.74, 6) is -1.24. The van der Waals surface area contributed by atoms with Gasteiger partial charge in [0.25, 0.3) is 11.5 Å². The number of hydrogen-bond donors (Lipinski definition) is 1. The molecule has 0 saturated carbocycles. The van der Waals surface area contributed by atoms with Crippen LogP contribution < -0.4 is 10.9 Å². The molecule has 2 aromatic rings. The van der Waals surface area contributed by atoms with Gasteiger partial charge in [0.2, 0.25) is 0 Å². The summed E-state index contributed by atoms with van der Waals surface area (Å²) in [5.41, 5.74) is 0.207. The van der Waals surface area contributed by atoms with Gasteiger partial charge in [-0.15, -0.1) is 0 Å². The van der Waals surface area contributed by atoms with Gasteiger partial charge in [0.05, 0.1) is 17.4 Å². The zero-order valence-corrected chi connectivity index (χ0v) is 12.0. The molecule has 0 fully saturated rings. The van der Waals surface area contributed by atoms with Crippen molar-refractivity contribution >= 4 is 23.2 Å². The summed E-state index contributed by atoms with van der Waals surface area (Å²) in [4.78, 5) is 27.2. The average Bonchev–Trinajstić information content (AvgIpc) is 2.45. The molecule has 0 bridgehead atoms. The second kappa shape index (κ2) is 6.49. The predicted molar refractivity (Wildman–Crippen MR) is 78.2 cm³/mol. The van der Waals surface area contributed by atoms with E-state index in [4.69, 9.17) is 11.6 Å². The van der Waals surface area contributed by atoms with Gasteiger partial charge < -0.3 is 9.88 Å². The summed E-state index contributed by atoms with van der Waals surface area (Å²) in [5, 5.41) is 2.48. The third-order valence-corrected chi connectivity index (χ3v) is 3.06. The number of nitrogens with zero attached hydrogens (tertiary/aromatic N) is 2. The lowest BCUT2D eigenvalue weighted by Gasteiger charge is -2.09. The highest BCUT2D eigenvalue weighted by atomic mass is 35.5. The number of amides is 1. The Morgan fingerprint density at radius 3 is 2.95 bits per heavy atom. The van der Waals surface area contributed by atoms with E-state index in [1.807, 2.05) is 6.92 Å². The second-order valence-corrected chi connectivity index (χ2v) is 4.75. The van der Waals surface area contributed by atoms with E-state index in [-0.39, 0.29) is 16.3 Å². The van der Waals surface area contributed by atoms with E-state index in [0.717, 1.165) is 18.7 Å². The summed E-state index contributed by atoms with van der Waals surface area (Å²) in [6.45, 7) is 2.49. The van der Waals surface area contributed by atoms with Crippen molar-refractivity contribution in [2.24, 2.45) is 0 Å². The van der Waals surface area contributed by atoms with E-state index in [2.05, 4.69) is 10.3 Å². The molecule has 0 aliphatic heterocycles. The molecule has 0 aliphatic rings. The molecule has 0 unspecified atom stereocenters. The topological polar surface area (TPSA) is 64.0 Å². The van der Waals surface area contributed by atoms with Gasteiger partial charge in [0, 0.05) is 18.8 Å². The monoisotopic (exact) mass is 309 g/mol. The first kappa shape index (κ1) is 15.2. The molecule has 0 spiro atoms. The molecule has 21 heavy (non-hydrogen) atoms. The van der Waals surface area contributed by atoms with Crippen LogP contribution in [0, 0.1) is 5.82 Å². The van der Waals surface area contributed by atoms with Crippen LogP contribution in [0.5, 0.6) is 0 Å². The van der Waals surface area contributed by atoms with Crippen LogP contribution in [0.15, 0.2) is 35.4 Å². The lowest BCUT2D eigenvalue weighted by Crippen LogP contribution is -2.20. The average molecular weight is 310 g/mol. The third kappa shape index (κ3) is 3.66. The van der Waals surface area contributed by atoms with Crippen molar-refractivity contribution < 1.29 is 9.18 Å². The lowest BCUT2D eigenvalue weighted by molar-refractivity contribution is 0.102. The maximum Gasteiger partial charge on any atom is 0.258 e. The highest BCUT2D eigenvalue weighted by Crippen LogP contribution is 2.16. The van der Waals surface area contributed by atoms with Crippen LogP contribution in [-0.2, 0) is 6.54 Å². The van der Waals surface area contributed by atoms with Crippen LogP contribution in [0.25, 0.3) is 0 Å². The Labute approximate surface area is 125 Å². The van der Waals surface area contributed by atoms with E-state index in [1.165, 1.54) is 22.9 Å². The number of carbonyl (C=O) groups excluding carboxylic acids is 1. The van der Waals surface area contributed by atoms with Gasteiger partial charge in [-0.05, 0) is 18.6 Å². The van der Waals surface area contributed by atoms with E-state index in [1.54, 1.807) is 0 Å². The number of aryl methyl sites for hydroxylation is 1. The van der Waals surface area contributed by atoms with Crippen molar-refractivity contribution in [2.45, 2.75) is 19.9 Å². The van der Waals surface area contributed by atoms with Crippen LogP contribution in [0.2, 0.25) is 5.15 Å². The van der Waals surface area contributed by atoms with E-state index >= 15 is 0 Å². The minimum atomic E-state index is -0.652. The van der Waals surface area contributed by atoms with Crippen molar-refractivity contribution in [3.05, 3.63) is 57.5 Å². The highest BCUT2D eigenvalue weighted by Gasteiger charge is 2.13. The molecule has 1 amide bonds. The lowest BCUT2D eigenvalue weighted by atomic mass is 10.2. The molecular weight excluding hydrogens is 297 g/mol. The van der Waals surface area contributed by atoms with Crippen molar-refractivity contribution in [1.82, 2.24) is 9.55 Å². The molecule has 0 saturated heterocycles. The normalized spacial score (nSPS) is 10.4. The fourth-order valence-corrected chi connectivity index (χ4v) is 1.99. The SMILES string of the molecule is CCCn1cc(NC(=O)c2cc(F)cnc2Cl)ccc1=O. The van der Waals surface area contributed by atoms with Crippen LogP contribution in [0.1, 0.15) is 23.7 Å². The van der Waals surface area contributed by atoms with Gasteiger partial charge in [-0.2, -0.15) is 0 Å². The van der Waals surface area contributed by atoms with Crippen LogP contribution >= 0.6 is 11.6 Å². The Hall–Kier alpha value is -2.21. The minimum absolute atomic E-state index is 0.0649. The van der Waals surface area contributed by atoms with Crippen LogP contribution in [0.3, 0.4) is 0 Å². The fraction of sp³-hybridized carbons (Fsp3) is 0.214. The fourth-order valence-electron chi connectivity index (χ4n) is 1.80. The van der Waals surface area contributed by atoms with Gasteiger partial charge in [-0.25, -0.2) is 9.37 Å². The number of pyridine rings is 2. The molecule has 0 radical (unpaired) electrons. The van der Waals surface area contributed by atoms with Crippen LogP contribution in [-0.4, -0.2) is 15.5 Å². The molecule has 5 nitrogen and oxygen atoms in total. The first-order chi connectivity index (χ1) is 10.0. The standard InChI is InChI=1S/C14H13ClFN3O2/c1-2-5-19-8-10(3-4-12(19)20)18-14(21)11-6-9(16)7-17-13(11)15/h3-4,6-8H,2,5H2,1H3,(H,18,21). The van der Waals surface area contributed by atoms with Crippen molar-refractivity contribution in [1.29, 1.82) is 0 Å². The molecule has 0 aliphatic carbocycles. The Bertz CT molecular complexity index is 730. The number of hydrogen-bond acceptors (Lipinski definition) is 3. The minimum Gasteiger partial charge on any atom is -0.321 e. The van der Waals surface area contributed by atoms with Crippen molar-refractivity contribution in [3.8, 4) is 0 Å². The van der Waals surface area contributed by atoms with E-state index in [9.17, 15) is 14.0 Å². The number of carbonyl (C=O) groups is 1. The van der Waals surface area contributed by atoms with Gasteiger partial charge in [0.15, 0.2) is 0 Å². The molecule has 1 N–H and O–H groups in total. The van der Waals surface area contributed by atoms with Gasteiger partial charge in [-0.3, -0.25) is 9.59 Å². The molecule has 110 valence electrons. The first-order valence-electron chi connectivity index (χ1n) is 6.34. The van der Waals surface area contributed by atoms with E-state index in [0.29, 0.717) is 12.2 Å². The first-order valence-corrected chi connectivity index (χ1v) is 6.72. The summed E-state index contributed by atoms with van der Waals surface area (Å²) in [6.07, 6.45) is 3.25. The zero-order valence-electron chi connectivity index (χ0n) is 11.3. The van der Waals surface area contributed by atoms with Crippen LogP contribution in [0.4, 0.5) is 10.1 Å². The highest BCUT2D eigenvalue weighted by molar-refractivity contribution is 6.33. The van der Waals surface area contributed by atoms with Gasteiger partial charge in [-0.1, -0.05) is 18.5 Å². The van der Waals surface area contributed by atoms with Crippen molar-refractivity contribution in [2.75, 3.05) is 5.32 Å². The molecule has 2 rings (SSSR count).